The van der Waals surface area contributed by atoms with Gasteiger partial charge >= 0.3 is 0 Å². The lowest BCUT2D eigenvalue weighted by molar-refractivity contribution is 0.291. The first kappa shape index (κ1) is 12.5. The maximum atomic E-state index is 5.63. The summed E-state index contributed by atoms with van der Waals surface area (Å²) in [4.78, 5) is 0. The predicted molar refractivity (Wildman–Crippen MR) is 74.5 cm³/mol. The van der Waals surface area contributed by atoms with Crippen molar-refractivity contribution in [3.63, 3.8) is 0 Å². The molecule has 0 fully saturated rings. The van der Waals surface area contributed by atoms with Gasteiger partial charge in [-0.1, -0.05) is 35.0 Å². The van der Waals surface area contributed by atoms with Crippen LogP contribution in [-0.2, 0) is 13.0 Å². The van der Waals surface area contributed by atoms with Crippen LogP contribution in [0, 0.1) is 0 Å². The zero-order valence-electron chi connectivity index (χ0n) is 9.43. The summed E-state index contributed by atoms with van der Waals surface area (Å²) in [6.45, 7) is 2.64. The second kappa shape index (κ2) is 5.60. The van der Waals surface area contributed by atoms with Crippen LogP contribution in [0.2, 0.25) is 0 Å². The monoisotopic (exact) mass is 312 g/mol. The first-order chi connectivity index (χ1) is 8.20. The summed E-state index contributed by atoms with van der Waals surface area (Å²) in [6, 6.07) is 7.96. The van der Waals surface area contributed by atoms with Gasteiger partial charge in [0, 0.05) is 22.3 Å². The number of rotatable bonds is 4. The van der Waals surface area contributed by atoms with Gasteiger partial charge in [-0.3, -0.25) is 0 Å². The lowest BCUT2D eigenvalue weighted by Gasteiger charge is -2.10. The van der Waals surface area contributed by atoms with Crippen molar-refractivity contribution in [2.75, 3.05) is 0 Å². The van der Waals surface area contributed by atoms with Crippen molar-refractivity contribution in [3.8, 4) is 5.88 Å². The third-order valence-electron chi connectivity index (χ3n) is 2.51. The molecule has 1 heterocycles. The molecular weight excluding hydrogens is 300 g/mol. The Morgan fingerprint density at radius 3 is 2.88 bits per heavy atom. The van der Waals surface area contributed by atoms with Crippen LogP contribution >= 0.6 is 28.7 Å². The van der Waals surface area contributed by atoms with E-state index in [4.69, 9.17) is 4.74 Å². The minimum atomic E-state index is 0.509. The molecule has 0 atom stereocenters. The van der Waals surface area contributed by atoms with E-state index in [1.807, 2.05) is 12.1 Å². The Bertz CT molecular complexity index is 513. The predicted octanol–water partition coefficient (Wildman–Crippen LogP) is 3.48. The number of nitrogens with zero attached hydrogens (tertiary/aromatic N) is 2. The van der Waals surface area contributed by atoms with Crippen molar-refractivity contribution in [2.24, 2.45) is 0 Å². The van der Waals surface area contributed by atoms with Crippen molar-refractivity contribution >= 4 is 28.7 Å². The van der Waals surface area contributed by atoms with Gasteiger partial charge in [-0.2, -0.15) is 0 Å². The van der Waals surface area contributed by atoms with Crippen molar-refractivity contribution in [3.05, 3.63) is 46.1 Å². The molecule has 0 aliphatic heterocycles. The van der Waals surface area contributed by atoms with Crippen LogP contribution in [0.4, 0.5) is 0 Å². The number of benzene rings is 1. The van der Waals surface area contributed by atoms with Gasteiger partial charge in [0.25, 0.3) is 0 Å². The summed E-state index contributed by atoms with van der Waals surface area (Å²) in [7, 11) is 0. The molecule has 1 aromatic carbocycles. The molecule has 0 bridgehead atoms. The first-order valence-corrected chi connectivity index (χ1v) is 6.54. The smallest absolute Gasteiger partial charge is 0.234 e. The summed E-state index contributed by atoms with van der Waals surface area (Å²) in [6.07, 6.45) is 2.72. The zero-order valence-corrected chi connectivity index (χ0v) is 11.9. The van der Waals surface area contributed by atoms with Crippen molar-refractivity contribution in [1.82, 2.24) is 9.19 Å². The van der Waals surface area contributed by atoms with Gasteiger partial charge in [0.2, 0.25) is 5.88 Å². The number of aryl methyl sites for hydroxylation is 1. The molecule has 0 saturated heterocycles. The highest BCUT2D eigenvalue weighted by atomic mass is 79.9. The fourth-order valence-corrected chi connectivity index (χ4v) is 2.29. The Hall–Kier alpha value is -0.940. The molecule has 90 valence electrons. The summed E-state index contributed by atoms with van der Waals surface area (Å²) in [5.74, 6) is 0.581. The van der Waals surface area contributed by atoms with E-state index >= 15 is 0 Å². The molecule has 0 N–H and O–H groups in total. The molecule has 1 aromatic heterocycles. The minimum absolute atomic E-state index is 0.509. The summed E-state index contributed by atoms with van der Waals surface area (Å²) in [5.41, 5.74) is 2.45. The van der Waals surface area contributed by atoms with Gasteiger partial charge in [-0.05, 0) is 30.9 Å². The molecule has 0 aliphatic carbocycles. The fraction of sp³-hybridized carbons (Fsp3) is 0.250. The van der Waals surface area contributed by atoms with Crippen LogP contribution in [0.15, 0.2) is 34.9 Å². The lowest BCUT2D eigenvalue weighted by atomic mass is 10.1. The second-order valence-electron chi connectivity index (χ2n) is 3.59. The minimum Gasteiger partial charge on any atom is -0.472 e. The molecule has 0 saturated carbocycles. The van der Waals surface area contributed by atoms with Crippen LogP contribution in [0.1, 0.15) is 18.1 Å². The molecule has 0 radical (unpaired) electrons. The Kier molecular flexibility index (Phi) is 4.12. The summed E-state index contributed by atoms with van der Waals surface area (Å²) >= 11 is 7.61. The number of hydrogen-bond donors (Lipinski definition) is 1. The van der Waals surface area contributed by atoms with E-state index in [1.54, 1.807) is 12.3 Å². The normalized spacial score (nSPS) is 10.5. The molecule has 2 aromatic rings. The maximum Gasteiger partial charge on any atom is 0.234 e. The van der Waals surface area contributed by atoms with Gasteiger partial charge < -0.3 is 4.74 Å². The van der Waals surface area contributed by atoms with Gasteiger partial charge in [0.1, 0.15) is 6.61 Å². The van der Waals surface area contributed by atoms with Gasteiger partial charge in [-0.25, -0.2) is 4.09 Å². The number of hydrogen-bond acceptors (Lipinski definition) is 3. The van der Waals surface area contributed by atoms with Gasteiger partial charge in [0.05, 0.1) is 0 Å². The molecular formula is C12H13BrN2OS. The lowest BCUT2D eigenvalue weighted by Crippen LogP contribution is -2.01. The highest BCUT2D eigenvalue weighted by Crippen LogP contribution is 2.22. The summed E-state index contributed by atoms with van der Waals surface area (Å²) < 4.78 is 8.12. The summed E-state index contributed by atoms with van der Waals surface area (Å²) in [5, 5.41) is 4.05. The number of halogens is 1. The van der Waals surface area contributed by atoms with Crippen LogP contribution < -0.4 is 4.74 Å². The number of thiol groups is 1. The maximum absolute atomic E-state index is 5.63. The zero-order chi connectivity index (χ0) is 12.3. The molecule has 17 heavy (non-hydrogen) atoms. The molecule has 0 unspecified atom stereocenters. The van der Waals surface area contributed by atoms with Crippen molar-refractivity contribution < 1.29 is 4.74 Å². The third-order valence-corrected chi connectivity index (χ3v) is 3.48. The van der Waals surface area contributed by atoms with Crippen molar-refractivity contribution in [2.45, 2.75) is 20.0 Å². The van der Waals surface area contributed by atoms with E-state index in [1.165, 1.54) is 15.2 Å². The van der Waals surface area contributed by atoms with E-state index in [9.17, 15) is 0 Å². The molecule has 0 aliphatic rings. The Morgan fingerprint density at radius 1 is 1.41 bits per heavy atom. The number of ether oxygens (including phenoxy) is 1. The van der Waals surface area contributed by atoms with E-state index in [0.717, 1.165) is 10.9 Å². The van der Waals surface area contributed by atoms with Crippen LogP contribution in [-0.4, -0.2) is 9.19 Å². The SMILES string of the molecule is CCc1cccc(Br)c1COc1ccn(S)n1. The quantitative estimate of drug-likeness (QED) is 0.875. The standard InChI is InChI=1S/C12H13BrN2OS/c1-2-9-4-3-5-11(13)10(9)8-16-12-6-7-15(17)14-12/h3-7,17H,2,8H2,1H3. The molecule has 2 rings (SSSR count). The van der Waals surface area contributed by atoms with E-state index < -0.39 is 0 Å². The van der Waals surface area contributed by atoms with Gasteiger partial charge in [-0.15, -0.1) is 5.10 Å². The van der Waals surface area contributed by atoms with Crippen LogP contribution in [0.25, 0.3) is 0 Å². The Balaban J connectivity index is 2.13. The fourth-order valence-electron chi connectivity index (χ4n) is 1.62. The average Bonchev–Trinajstić information content (AvgIpc) is 2.73. The third kappa shape index (κ3) is 3.04. The van der Waals surface area contributed by atoms with E-state index in [-0.39, 0.29) is 0 Å². The Morgan fingerprint density at radius 2 is 2.24 bits per heavy atom. The molecule has 5 heteroatoms. The molecule has 0 spiro atoms. The first-order valence-electron chi connectivity index (χ1n) is 5.34. The van der Waals surface area contributed by atoms with E-state index in [0.29, 0.717) is 12.5 Å². The highest BCUT2D eigenvalue weighted by molar-refractivity contribution is 9.10. The van der Waals surface area contributed by atoms with Gasteiger partial charge in [0.15, 0.2) is 0 Å². The largest absolute Gasteiger partial charge is 0.472 e. The Labute approximate surface area is 114 Å². The molecule has 3 nitrogen and oxygen atoms in total. The topological polar surface area (TPSA) is 27.1 Å². The van der Waals surface area contributed by atoms with Crippen molar-refractivity contribution in [1.29, 1.82) is 0 Å². The average molecular weight is 313 g/mol. The highest BCUT2D eigenvalue weighted by Gasteiger charge is 2.07. The van der Waals surface area contributed by atoms with Crippen LogP contribution in [0.3, 0.4) is 0 Å². The van der Waals surface area contributed by atoms with E-state index in [2.05, 4.69) is 46.8 Å². The van der Waals surface area contributed by atoms with Crippen LogP contribution in [0.5, 0.6) is 5.88 Å². The second-order valence-corrected chi connectivity index (χ2v) is 4.86. The molecule has 0 amide bonds. The number of aromatic nitrogens is 2.